The van der Waals surface area contributed by atoms with E-state index in [-0.39, 0.29) is 24.8 Å². The van der Waals surface area contributed by atoms with Crippen LogP contribution in [0, 0.1) is 0 Å². The molecular weight excluding hydrogens is 299 g/mol. The number of anilines is 1. The predicted octanol–water partition coefficient (Wildman–Crippen LogP) is 3.26. The standard InChI is InChI=1S/C14H18Cl2N2O2/c1-3-7-17-14(20)6-8-18(10(2)19)13-5-4-11(15)9-12(13)16/h4-5,9H,3,6-8H2,1-2H3,(H,17,20). The van der Waals surface area contributed by atoms with Crippen LogP contribution in [0.15, 0.2) is 18.2 Å². The summed E-state index contributed by atoms with van der Waals surface area (Å²) in [4.78, 5) is 24.8. The van der Waals surface area contributed by atoms with Crippen LogP contribution in [-0.2, 0) is 9.59 Å². The molecule has 0 unspecified atom stereocenters. The molecule has 6 heteroatoms. The summed E-state index contributed by atoms with van der Waals surface area (Å²) in [5.41, 5.74) is 0.562. The molecule has 0 atom stereocenters. The molecule has 2 amide bonds. The molecule has 4 nitrogen and oxygen atoms in total. The lowest BCUT2D eigenvalue weighted by Gasteiger charge is -2.22. The van der Waals surface area contributed by atoms with Crippen molar-refractivity contribution < 1.29 is 9.59 Å². The molecule has 0 radical (unpaired) electrons. The highest BCUT2D eigenvalue weighted by Gasteiger charge is 2.16. The fourth-order valence-electron chi connectivity index (χ4n) is 1.71. The molecule has 0 bridgehead atoms. The van der Waals surface area contributed by atoms with Gasteiger partial charge >= 0.3 is 0 Å². The lowest BCUT2D eigenvalue weighted by atomic mass is 10.2. The van der Waals surface area contributed by atoms with Crippen LogP contribution >= 0.6 is 23.2 Å². The van der Waals surface area contributed by atoms with Gasteiger partial charge in [0.2, 0.25) is 11.8 Å². The zero-order valence-electron chi connectivity index (χ0n) is 11.6. The zero-order chi connectivity index (χ0) is 15.1. The molecule has 20 heavy (non-hydrogen) atoms. The highest BCUT2D eigenvalue weighted by Crippen LogP contribution is 2.29. The minimum Gasteiger partial charge on any atom is -0.356 e. The molecule has 1 rings (SSSR count). The first-order valence-electron chi connectivity index (χ1n) is 6.45. The molecule has 0 aromatic heterocycles. The highest BCUT2D eigenvalue weighted by molar-refractivity contribution is 6.36. The van der Waals surface area contributed by atoms with Crippen molar-refractivity contribution in [3.05, 3.63) is 28.2 Å². The summed E-state index contributed by atoms with van der Waals surface area (Å²) in [7, 11) is 0. The molecule has 110 valence electrons. The number of carbonyl (C=O) groups is 2. The molecule has 0 saturated heterocycles. The van der Waals surface area contributed by atoms with Crippen molar-refractivity contribution in [3.8, 4) is 0 Å². The van der Waals surface area contributed by atoms with Crippen LogP contribution < -0.4 is 10.2 Å². The average molecular weight is 317 g/mol. The van der Waals surface area contributed by atoms with Crippen molar-refractivity contribution in [2.24, 2.45) is 0 Å². The van der Waals surface area contributed by atoms with E-state index in [1.54, 1.807) is 18.2 Å². The topological polar surface area (TPSA) is 49.4 Å². The molecule has 0 fully saturated rings. The lowest BCUT2D eigenvalue weighted by Crippen LogP contribution is -2.34. The summed E-state index contributed by atoms with van der Waals surface area (Å²) in [6, 6.07) is 4.91. The monoisotopic (exact) mass is 316 g/mol. The van der Waals surface area contributed by atoms with Crippen molar-refractivity contribution in [3.63, 3.8) is 0 Å². The van der Waals surface area contributed by atoms with Gasteiger partial charge in [-0.15, -0.1) is 0 Å². The number of hydrogen-bond acceptors (Lipinski definition) is 2. The van der Waals surface area contributed by atoms with E-state index >= 15 is 0 Å². The van der Waals surface area contributed by atoms with Gasteiger partial charge in [-0.1, -0.05) is 30.1 Å². The Bertz CT molecular complexity index is 492. The molecular formula is C14H18Cl2N2O2. The second-order valence-corrected chi connectivity index (χ2v) is 5.21. The van der Waals surface area contributed by atoms with Gasteiger partial charge in [0, 0.05) is 31.5 Å². The smallest absolute Gasteiger partial charge is 0.223 e. The average Bonchev–Trinajstić information content (AvgIpc) is 2.38. The predicted molar refractivity (Wildman–Crippen MR) is 82.4 cm³/mol. The summed E-state index contributed by atoms with van der Waals surface area (Å²) in [6.07, 6.45) is 1.11. The Morgan fingerprint density at radius 3 is 2.55 bits per heavy atom. The van der Waals surface area contributed by atoms with E-state index < -0.39 is 0 Å². The van der Waals surface area contributed by atoms with Gasteiger partial charge in [-0.05, 0) is 24.6 Å². The third kappa shape index (κ3) is 5.02. The van der Waals surface area contributed by atoms with E-state index in [9.17, 15) is 9.59 Å². The van der Waals surface area contributed by atoms with Crippen molar-refractivity contribution in [2.75, 3.05) is 18.0 Å². The SMILES string of the molecule is CCCNC(=O)CCN(C(C)=O)c1ccc(Cl)cc1Cl. The third-order valence-electron chi connectivity index (χ3n) is 2.72. The number of rotatable bonds is 6. The first-order valence-corrected chi connectivity index (χ1v) is 7.21. The van der Waals surface area contributed by atoms with Crippen LogP contribution in [0.4, 0.5) is 5.69 Å². The summed E-state index contributed by atoms with van der Waals surface area (Å²) < 4.78 is 0. The van der Waals surface area contributed by atoms with Crippen LogP contribution in [0.25, 0.3) is 0 Å². The van der Waals surface area contributed by atoms with Crippen LogP contribution in [0.2, 0.25) is 10.0 Å². The van der Waals surface area contributed by atoms with Crippen LogP contribution in [0.1, 0.15) is 26.7 Å². The number of nitrogens with one attached hydrogen (secondary N) is 1. The van der Waals surface area contributed by atoms with Crippen LogP contribution in [-0.4, -0.2) is 24.9 Å². The normalized spacial score (nSPS) is 10.2. The Labute approximate surface area is 129 Å². The molecule has 0 heterocycles. The van der Waals surface area contributed by atoms with Gasteiger partial charge in [0.1, 0.15) is 0 Å². The van der Waals surface area contributed by atoms with Gasteiger partial charge in [-0.2, -0.15) is 0 Å². The summed E-state index contributed by atoms with van der Waals surface area (Å²) in [6.45, 7) is 4.34. The fourth-order valence-corrected chi connectivity index (χ4v) is 2.22. The quantitative estimate of drug-likeness (QED) is 0.875. The van der Waals surface area contributed by atoms with Crippen molar-refractivity contribution in [1.29, 1.82) is 0 Å². The number of halogens is 2. The molecule has 0 aliphatic carbocycles. The van der Waals surface area contributed by atoms with E-state index in [1.165, 1.54) is 11.8 Å². The molecule has 1 aromatic rings. The summed E-state index contributed by atoms with van der Waals surface area (Å²) in [5.74, 6) is -0.249. The highest BCUT2D eigenvalue weighted by atomic mass is 35.5. The fraction of sp³-hybridized carbons (Fsp3) is 0.429. The van der Waals surface area contributed by atoms with Crippen molar-refractivity contribution >= 4 is 40.7 Å². The number of benzene rings is 1. The van der Waals surface area contributed by atoms with Crippen molar-refractivity contribution in [2.45, 2.75) is 26.7 Å². The number of nitrogens with zero attached hydrogens (tertiary/aromatic N) is 1. The maximum atomic E-state index is 11.7. The van der Waals surface area contributed by atoms with E-state index in [2.05, 4.69) is 5.32 Å². The Kier molecular flexibility index (Phi) is 6.82. The van der Waals surface area contributed by atoms with Gasteiger partial charge < -0.3 is 10.2 Å². The first kappa shape index (κ1) is 16.8. The minimum atomic E-state index is -0.169. The molecule has 0 aliphatic rings. The summed E-state index contributed by atoms with van der Waals surface area (Å²) >= 11 is 11.9. The van der Waals surface area contributed by atoms with Crippen molar-refractivity contribution in [1.82, 2.24) is 5.32 Å². The van der Waals surface area contributed by atoms with E-state index in [4.69, 9.17) is 23.2 Å². The third-order valence-corrected chi connectivity index (χ3v) is 3.25. The Morgan fingerprint density at radius 1 is 1.30 bits per heavy atom. The van der Waals surface area contributed by atoms with E-state index in [0.29, 0.717) is 22.3 Å². The van der Waals surface area contributed by atoms with Gasteiger partial charge in [0.05, 0.1) is 10.7 Å². The van der Waals surface area contributed by atoms with Crippen LogP contribution in [0.3, 0.4) is 0 Å². The van der Waals surface area contributed by atoms with Gasteiger partial charge in [0.15, 0.2) is 0 Å². The molecule has 0 aliphatic heterocycles. The Morgan fingerprint density at radius 2 is 2.00 bits per heavy atom. The minimum absolute atomic E-state index is 0.0804. The number of amides is 2. The number of hydrogen-bond donors (Lipinski definition) is 1. The number of carbonyl (C=O) groups excluding carboxylic acids is 2. The van der Waals surface area contributed by atoms with Gasteiger partial charge in [0.25, 0.3) is 0 Å². The maximum Gasteiger partial charge on any atom is 0.223 e. The molecule has 0 spiro atoms. The molecule has 1 N–H and O–H groups in total. The van der Waals surface area contributed by atoms with Gasteiger partial charge in [-0.3, -0.25) is 9.59 Å². The molecule has 1 aromatic carbocycles. The Hall–Kier alpha value is -1.26. The second-order valence-electron chi connectivity index (χ2n) is 4.37. The zero-order valence-corrected chi connectivity index (χ0v) is 13.1. The first-order chi connectivity index (χ1) is 9.45. The largest absolute Gasteiger partial charge is 0.356 e. The Balaban J connectivity index is 2.75. The van der Waals surface area contributed by atoms with Crippen LogP contribution in [0.5, 0.6) is 0 Å². The summed E-state index contributed by atoms with van der Waals surface area (Å²) in [5, 5.41) is 3.66. The molecule has 0 saturated carbocycles. The second kappa shape index (κ2) is 8.12. The van der Waals surface area contributed by atoms with E-state index in [1.807, 2.05) is 6.92 Å². The van der Waals surface area contributed by atoms with Gasteiger partial charge in [-0.25, -0.2) is 0 Å². The van der Waals surface area contributed by atoms with E-state index in [0.717, 1.165) is 6.42 Å². The maximum absolute atomic E-state index is 11.7. The lowest BCUT2D eigenvalue weighted by molar-refractivity contribution is -0.121.